The van der Waals surface area contributed by atoms with Crippen LogP contribution in [0.25, 0.3) is 0 Å². The number of rotatable bonds is 6. The van der Waals surface area contributed by atoms with Gasteiger partial charge in [0.25, 0.3) is 0 Å². The Kier molecular flexibility index (Phi) is 5.61. The summed E-state index contributed by atoms with van der Waals surface area (Å²) in [7, 11) is -3.55. The molecule has 10 heteroatoms. The number of hydrogen-bond donors (Lipinski definition) is 0. The van der Waals surface area contributed by atoms with Crippen LogP contribution in [0, 0.1) is 24.0 Å². The molecule has 9 nitrogen and oxygen atoms in total. The number of hydrogen-bond acceptors (Lipinski definition) is 6. The van der Waals surface area contributed by atoms with Crippen LogP contribution >= 0.6 is 0 Å². The second kappa shape index (κ2) is 7.80. The van der Waals surface area contributed by atoms with Gasteiger partial charge in [-0.3, -0.25) is 19.6 Å². The number of ketones is 1. The van der Waals surface area contributed by atoms with Gasteiger partial charge in [0, 0.05) is 18.7 Å². The van der Waals surface area contributed by atoms with Gasteiger partial charge in [-0.2, -0.15) is 9.40 Å². The predicted octanol–water partition coefficient (Wildman–Crippen LogP) is 2.47. The zero-order chi connectivity index (χ0) is 20.5. The van der Waals surface area contributed by atoms with E-state index in [-0.39, 0.29) is 28.6 Å². The molecule has 0 amide bonds. The van der Waals surface area contributed by atoms with Gasteiger partial charge in [-0.15, -0.1) is 0 Å². The molecule has 28 heavy (non-hydrogen) atoms. The van der Waals surface area contributed by atoms with Crippen LogP contribution in [0.3, 0.4) is 0 Å². The van der Waals surface area contributed by atoms with E-state index in [0.717, 1.165) is 19.3 Å². The molecule has 0 bridgehead atoms. The van der Waals surface area contributed by atoms with Crippen molar-refractivity contribution < 1.29 is 18.1 Å². The third-order valence-electron chi connectivity index (χ3n) is 4.95. The van der Waals surface area contributed by atoms with Crippen molar-refractivity contribution in [3.8, 4) is 0 Å². The highest BCUT2D eigenvalue weighted by atomic mass is 32.2. The van der Waals surface area contributed by atoms with Crippen LogP contribution in [0.5, 0.6) is 0 Å². The number of carbonyl (C=O) groups excluding carboxylic acids is 1. The summed E-state index contributed by atoms with van der Waals surface area (Å²) in [4.78, 5) is 23.3. The largest absolute Gasteiger partial charge is 0.312 e. The molecule has 1 aromatic heterocycles. The molecular formula is C18H22N4O5S. The van der Waals surface area contributed by atoms with Gasteiger partial charge in [0.2, 0.25) is 10.0 Å². The molecule has 0 aliphatic carbocycles. The van der Waals surface area contributed by atoms with Crippen molar-refractivity contribution in [2.24, 2.45) is 0 Å². The molecule has 1 fully saturated rings. The molecule has 1 saturated heterocycles. The summed E-state index contributed by atoms with van der Waals surface area (Å²) in [6.07, 6.45) is 2.74. The fraction of sp³-hybridized carbons (Fsp3) is 0.444. The normalized spacial score (nSPS) is 15.5. The number of benzene rings is 1. The second-order valence-electron chi connectivity index (χ2n) is 6.85. The minimum atomic E-state index is -3.55. The zero-order valence-electron chi connectivity index (χ0n) is 15.8. The molecule has 1 aliphatic heterocycles. The quantitative estimate of drug-likeness (QED) is 0.413. The van der Waals surface area contributed by atoms with E-state index in [4.69, 9.17) is 0 Å². The van der Waals surface area contributed by atoms with E-state index in [1.807, 2.05) is 0 Å². The van der Waals surface area contributed by atoms with Gasteiger partial charge in [0.05, 0.1) is 9.82 Å². The zero-order valence-corrected chi connectivity index (χ0v) is 16.6. The molecule has 0 saturated carbocycles. The molecule has 1 aromatic carbocycles. The number of aromatic nitrogens is 2. The average Bonchev–Trinajstić information content (AvgIpc) is 2.95. The maximum Gasteiger partial charge on any atom is 0.312 e. The monoisotopic (exact) mass is 406 g/mol. The van der Waals surface area contributed by atoms with Crippen molar-refractivity contribution in [2.75, 3.05) is 13.1 Å². The maximum atomic E-state index is 12.7. The predicted molar refractivity (Wildman–Crippen MR) is 102 cm³/mol. The summed E-state index contributed by atoms with van der Waals surface area (Å²) in [5.74, 6) is -0.303. The van der Waals surface area contributed by atoms with Gasteiger partial charge < -0.3 is 0 Å². The number of piperidine rings is 1. The highest BCUT2D eigenvalue weighted by molar-refractivity contribution is 7.89. The molecule has 0 unspecified atom stereocenters. The van der Waals surface area contributed by atoms with Gasteiger partial charge >= 0.3 is 5.69 Å². The molecule has 2 aromatic rings. The Morgan fingerprint density at radius 1 is 1.14 bits per heavy atom. The first-order valence-corrected chi connectivity index (χ1v) is 10.5. The first-order valence-electron chi connectivity index (χ1n) is 9.03. The van der Waals surface area contributed by atoms with Gasteiger partial charge in [-0.25, -0.2) is 8.42 Å². The number of Topliss-reactive ketones (excluding diaryl/α,β-unsaturated/α-hetero) is 1. The van der Waals surface area contributed by atoms with E-state index in [1.165, 1.54) is 40.2 Å². The number of sulfonamides is 1. The van der Waals surface area contributed by atoms with Crippen molar-refractivity contribution >= 4 is 21.5 Å². The summed E-state index contributed by atoms with van der Waals surface area (Å²) in [5.41, 5.74) is 0.780. The Balaban J connectivity index is 1.77. The Labute approximate surface area is 163 Å². The second-order valence-corrected chi connectivity index (χ2v) is 8.78. The summed E-state index contributed by atoms with van der Waals surface area (Å²) < 4.78 is 28.1. The Bertz CT molecular complexity index is 1010. The third kappa shape index (κ3) is 3.83. The molecule has 1 aliphatic rings. The minimum Gasteiger partial charge on any atom is -0.292 e. The molecule has 0 spiro atoms. The molecule has 150 valence electrons. The molecule has 0 N–H and O–H groups in total. The van der Waals surface area contributed by atoms with Crippen molar-refractivity contribution in [3.63, 3.8) is 0 Å². The Morgan fingerprint density at radius 2 is 1.75 bits per heavy atom. The highest BCUT2D eigenvalue weighted by Crippen LogP contribution is 2.23. The smallest absolute Gasteiger partial charge is 0.292 e. The van der Waals surface area contributed by atoms with E-state index >= 15 is 0 Å². The lowest BCUT2D eigenvalue weighted by atomic mass is 10.1. The highest BCUT2D eigenvalue weighted by Gasteiger charge is 2.26. The van der Waals surface area contributed by atoms with Crippen LogP contribution < -0.4 is 0 Å². The summed E-state index contributed by atoms with van der Waals surface area (Å²) in [6, 6.07) is 5.81. The lowest BCUT2D eigenvalue weighted by molar-refractivity contribution is -0.386. The fourth-order valence-corrected chi connectivity index (χ4v) is 4.92. The van der Waals surface area contributed by atoms with Gasteiger partial charge in [-0.05, 0) is 51.0 Å². The van der Waals surface area contributed by atoms with E-state index < -0.39 is 14.9 Å². The summed E-state index contributed by atoms with van der Waals surface area (Å²) in [5, 5.41) is 15.1. The lowest BCUT2D eigenvalue weighted by Gasteiger charge is -2.25. The fourth-order valence-electron chi connectivity index (χ4n) is 3.40. The minimum absolute atomic E-state index is 0.101. The molecule has 0 radical (unpaired) electrons. The number of carbonyl (C=O) groups is 1. The van der Waals surface area contributed by atoms with E-state index in [9.17, 15) is 23.3 Å². The molecule has 2 heterocycles. The Morgan fingerprint density at radius 3 is 2.29 bits per heavy atom. The summed E-state index contributed by atoms with van der Waals surface area (Å²) in [6.45, 7) is 3.93. The van der Waals surface area contributed by atoms with Crippen LogP contribution in [-0.2, 0) is 16.6 Å². The molecular weight excluding hydrogens is 384 g/mol. The topological polar surface area (TPSA) is 115 Å². The van der Waals surface area contributed by atoms with E-state index in [0.29, 0.717) is 24.3 Å². The molecule has 3 rings (SSSR count). The lowest BCUT2D eigenvalue weighted by Crippen LogP contribution is -2.35. The summed E-state index contributed by atoms with van der Waals surface area (Å²) >= 11 is 0. The first-order chi connectivity index (χ1) is 13.2. The van der Waals surface area contributed by atoms with Crippen LogP contribution in [0.4, 0.5) is 5.69 Å². The van der Waals surface area contributed by atoms with Gasteiger partial charge in [0.15, 0.2) is 5.78 Å². The first kappa shape index (κ1) is 20.2. The van der Waals surface area contributed by atoms with Crippen LogP contribution in [0.15, 0.2) is 29.2 Å². The maximum absolute atomic E-state index is 12.7. The Hall–Kier alpha value is -2.59. The van der Waals surface area contributed by atoms with Crippen LogP contribution in [-0.4, -0.2) is 46.3 Å². The van der Waals surface area contributed by atoms with E-state index in [2.05, 4.69) is 5.10 Å². The standard InChI is InChI=1S/C18H22N4O5S/c1-13-18(22(24)25)14(2)21(19-13)12-17(23)15-6-8-16(9-7-15)28(26,27)20-10-4-3-5-11-20/h6-9H,3-5,10-12H2,1-2H3. The van der Waals surface area contributed by atoms with Crippen molar-refractivity contribution in [1.29, 1.82) is 0 Å². The third-order valence-corrected chi connectivity index (χ3v) is 6.86. The van der Waals surface area contributed by atoms with Gasteiger partial charge in [0.1, 0.15) is 17.9 Å². The number of aryl methyl sites for hydroxylation is 1. The van der Waals surface area contributed by atoms with Crippen molar-refractivity contribution in [1.82, 2.24) is 14.1 Å². The van der Waals surface area contributed by atoms with Crippen molar-refractivity contribution in [2.45, 2.75) is 44.6 Å². The van der Waals surface area contributed by atoms with E-state index in [1.54, 1.807) is 6.92 Å². The SMILES string of the molecule is Cc1nn(CC(=O)c2ccc(S(=O)(=O)N3CCCCC3)cc2)c(C)c1[N+](=O)[O-]. The van der Waals surface area contributed by atoms with Crippen LogP contribution in [0.2, 0.25) is 0 Å². The van der Waals surface area contributed by atoms with Crippen LogP contribution in [0.1, 0.15) is 41.0 Å². The number of nitrogens with zero attached hydrogens (tertiary/aromatic N) is 4. The average molecular weight is 406 g/mol. The van der Waals surface area contributed by atoms with Crippen molar-refractivity contribution in [3.05, 3.63) is 51.3 Å². The number of nitro groups is 1. The molecule has 0 atom stereocenters. The van der Waals surface area contributed by atoms with Gasteiger partial charge in [-0.1, -0.05) is 6.42 Å².